The molecule has 3 heterocycles. The maximum Gasteiger partial charge on any atom is 0.217 e. The van der Waals surface area contributed by atoms with Crippen LogP contribution in [-0.2, 0) is 11.3 Å². The predicted octanol–water partition coefficient (Wildman–Crippen LogP) is 1.65. The van der Waals surface area contributed by atoms with Gasteiger partial charge in [-0.1, -0.05) is 11.6 Å². The molecule has 2 aromatic rings. The number of nitrogens with zero attached hydrogens (tertiary/aromatic N) is 4. The van der Waals surface area contributed by atoms with Crippen LogP contribution in [0.25, 0.3) is 5.65 Å². The first-order valence-electron chi connectivity index (χ1n) is 8.42. The van der Waals surface area contributed by atoms with Gasteiger partial charge in [-0.15, -0.1) is 0 Å². The molecule has 1 aliphatic rings. The Morgan fingerprint density at radius 2 is 2.32 bits per heavy atom. The minimum Gasteiger partial charge on any atom is -0.370 e. The fraction of sp³-hybridized carbons (Fsp3) is 0.471. The number of hydrogen-bond donors (Lipinski definition) is 2. The van der Waals surface area contributed by atoms with E-state index in [-0.39, 0.29) is 5.91 Å². The summed E-state index contributed by atoms with van der Waals surface area (Å²) in [6.45, 7) is 2.29. The average molecular weight is 363 g/mol. The van der Waals surface area contributed by atoms with Crippen LogP contribution in [0.5, 0.6) is 0 Å². The Balaban J connectivity index is 1.62. The Morgan fingerprint density at radius 1 is 1.48 bits per heavy atom. The SMILES string of the molecule is CN=C(NCc1cn2cc(Cl)ccc2n1)N1CCCC(CC(N)=O)C1. The Kier molecular flexibility index (Phi) is 5.43. The van der Waals surface area contributed by atoms with E-state index in [1.165, 1.54) is 0 Å². The molecule has 25 heavy (non-hydrogen) atoms. The van der Waals surface area contributed by atoms with Gasteiger partial charge in [0.15, 0.2) is 5.96 Å². The smallest absolute Gasteiger partial charge is 0.217 e. The monoisotopic (exact) mass is 362 g/mol. The van der Waals surface area contributed by atoms with Gasteiger partial charge in [-0.3, -0.25) is 9.79 Å². The molecule has 0 aromatic carbocycles. The number of carbonyl (C=O) groups excluding carboxylic acids is 1. The van der Waals surface area contributed by atoms with Crippen molar-refractivity contribution in [2.75, 3.05) is 20.1 Å². The molecular weight excluding hydrogens is 340 g/mol. The number of primary amides is 1. The first kappa shape index (κ1) is 17.5. The van der Waals surface area contributed by atoms with Crippen molar-refractivity contribution in [3.63, 3.8) is 0 Å². The molecule has 1 fully saturated rings. The zero-order valence-corrected chi connectivity index (χ0v) is 15.0. The van der Waals surface area contributed by atoms with Crippen molar-refractivity contribution in [2.24, 2.45) is 16.6 Å². The number of hydrogen-bond acceptors (Lipinski definition) is 3. The van der Waals surface area contributed by atoms with Crippen LogP contribution in [0.2, 0.25) is 5.02 Å². The van der Waals surface area contributed by atoms with E-state index in [0.717, 1.165) is 43.2 Å². The Morgan fingerprint density at radius 3 is 3.08 bits per heavy atom. The van der Waals surface area contributed by atoms with Crippen LogP contribution in [0, 0.1) is 5.92 Å². The van der Waals surface area contributed by atoms with Crippen LogP contribution in [0.1, 0.15) is 25.0 Å². The number of likely N-dealkylation sites (tertiary alicyclic amines) is 1. The van der Waals surface area contributed by atoms with Crippen LogP contribution in [0.3, 0.4) is 0 Å². The fourth-order valence-electron chi connectivity index (χ4n) is 3.31. The summed E-state index contributed by atoms with van der Waals surface area (Å²) in [6.07, 6.45) is 6.28. The summed E-state index contributed by atoms with van der Waals surface area (Å²) in [6, 6.07) is 3.71. The number of piperidine rings is 1. The molecule has 3 N–H and O–H groups in total. The zero-order valence-electron chi connectivity index (χ0n) is 14.3. The summed E-state index contributed by atoms with van der Waals surface area (Å²) < 4.78 is 1.91. The molecule has 1 saturated heterocycles. The van der Waals surface area contributed by atoms with E-state index in [4.69, 9.17) is 17.3 Å². The molecule has 7 nitrogen and oxygen atoms in total. The standard InChI is InChI=1S/C17H23ClN6O/c1-20-17(23-6-2-3-12(9-23)7-15(19)25)21-8-14-11-24-10-13(18)4-5-16(24)22-14/h4-5,10-12H,2-3,6-9H2,1H3,(H2,19,25)(H,20,21). The third-order valence-corrected chi connectivity index (χ3v) is 4.64. The van der Waals surface area contributed by atoms with Crippen molar-refractivity contribution in [1.82, 2.24) is 19.6 Å². The van der Waals surface area contributed by atoms with E-state index >= 15 is 0 Å². The highest BCUT2D eigenvalue weighted by atomic mass is 35.5. The van der Waals surface area contributed by atoms with Crippen LogP contribution >= 0.6 is 11.6 Å². The summed E-state index contributed by atoms with van der Waals surface area (Å²) >= 11 is 6.01. The number of guanidine groups is 1. The lowest BCUT2D eigenvalue weighted by Crippen LogP contribution is -2.46. The van der Waals surface area contributed by atoms with Crippen molar-refractivity contribution in [3.8, 4) is 0 Å². The molecule has 0 radical (unpaired) electrons. The van der Waals surface area contributed by atoms with Crippen molar-refractivity contribution in [3.05, 3.63) is 35.2 Å². The number of amides is 1. The Labute approximate surface area is 151 Å². The van der Waals surface area contributed by atoms with E-state index in [2.05, 4.69) is 20.2 Å². The van der Waals surface area contributed by atoms with Crippen molar-refractivity contribution < 1.29 is 4.79 Å². The second-order valence-electron chi connectivity index (χ2n) is 6.37. The first-order chi connectivity index (χ1) is 12.0. The minimum atomic E-state index is -0.238. The number of halogens is 1. The van der Waals surface area contributed by atoms with Gasteiger partial charge in [0.05, 0.1) is 17.3 Å². The fourth-order valence-corrected chi connectivity index (χ4v) is 3.48. The number of rotatable bonds is 4. The Hall–Kier alpha value is -2.28. The van der Waals surface area contributed by atoms with E-state index in [0.29, 0.717) is 23.9 Å². The number of aromatic nitrogens is 2. The number of imidazole rings is 1. The van der Waals surface area contributed by atoms with Gasteiger partial charge in [-0.05, 0) is 30.9 Å². The zero-order chi connectivity index (χ0) is 17.8. The number of carbonyl (C=O) groups is 1. The number of aliphatic imine (C=N–C) groups is 1. The second-order valence-corrected chi connectivity index (χ2v) is 6.81. The molecule has 1 atom stereocenters. The second kappa shape index (κ2) is 7.74. The average Bonchev–Trinajstić information content (AvgIpc) is 2.97. The number of nitrogens with one attached hydrogen (secondary N) is 1. The number of fused-ring (bicyclic) bond motifs is 1. The van der Waals surface area contributed by atoms with E-state index in [1.54, 1.807) is 7.05 Å². The quantitative estimate of drug-likeness (QED) is 0.639. The lowest BCUT2D eigenvalue weighted by atomic mass is 9.95. The normalized spacial score (nSPS) is 18.6. The van der Waals surface area contributed by atoms with Crippen molar-refractivity contribution in [1.29, 1.82) is 0 Å². The minimum absolute atomic E-state index is 0.238. The van der Waals surface area contributed by atoms with Gasteiger partial charge >= 0.3 is 0 Å². The van der Waals surface area contributed by atoms with E-state index < -0.39 is 0 Å². The lowest BCUT2D eigenvalue weighted by molar-refractivity contribution is -0.119. The first-order valence-corrected chi connectivity index (χ1v) is 8.80. The molecule has 3 rings (SSSR count). The molecule has 0 aliphatic carbocycles. The van der Waals surface area contributed by atoms with Crippen LogP contribution in [0.15, 0.2) is 29.5 Å². The Bertz CT molecular complexity index is 787. The van der Waals surface area contributed by atoms with Gasteiger partial charge in [0.2, 0.25) is 5.91 Å². The topological polar surface area (TPSA) is 88.0 Å². The largest absolute Gasteiger partial charge is 0.370 e. The molecule has 134 valence electrons. The molecule has 0 spiro atoms. The summed E-state index contributed by atoms with van der Waals surface area (Å²) in [7, 11) is 1.77. The number of nitrogens with two attached hydrogens (primary N) is 1. The van der Waals surface area contributed by atoms with Gasteiger partial charge in [0, 0.05) is 39.0 Å². The molecule has 2 aromatic heterocycles. The molecule has 1 amide bonds. The number of pyridine rings is 1. The van der Waals surface area contributed by atoms with Crippen LogP contribution < -0.4 is 11.1 Å². The molecule has 1 unspecified atom stereocenters. The van der Waals surface area contributed by atoms with Crippen LogP contribution in [-0.4, -0.2) is 46.3 Å². The van der Waals surface area contributed by atoms with Gasteiger partial charge < -0.3 is 20.4 Å². The maximum atomic E-state index is 11.2. The molecule has 0 saturated carbocycles. The third kappa shape index (κ3) is 4.42. The summed E-state index contributed by atoms with van der Waals surface area (Å²) in [5.74, 6) is 0.879. The highest BCUT2D eigenvalue weighted by Gasteiger charge is 2.23. The predicted molar refractivity (Wildman–Crippen MR) is 98.5 cm³/mol. The summed E-state index contributed by atoms with van der Waals surface area (Å²) in [4.78, 5) is 22.3. The highest BCUT2D eigenvalue weighted by molar-refractivity contribution is 6.30. The summed E-state index contributed by atoms with van der Waals surface area (Å²) in [5, 5.41) is 4.03. The van der Waals surface area contributed by atoms with Gasteiger partial charge in [-0.25, -0.2) is 4.98 Å². The molecule has 0 bridgehead atoms. The van der Waals surface area contributed by atoms with Gasteiger partial charge in [0.25, 0.3) is 0 Å². The summed E-state index contributed by atoms with van der Waals surface area (Å²) in [5.41, 5.74) is 7.10. The lowest BCUT2D eigenvalue weighted by Gasteiger charge is -2.34. The highest BCUT2D eigenvalue weighted by Crippen LogP contribution is 2.19. The maximum absolute atomic E-state index is 11.2. The van der Waals surface area contributed by atoms with E-state index in [1.807, 2.05) is 28.9 Å². The van der Waals surface area contributed by atoms with Crippen LogP contribution in [0.4, 0.5) is 0 Å². The van der Waals surface area contributed by atoms with Crippen molar-refractivity contribution >= 4 is 29.1 Å². The van der Waals surface area contributed by atoms with Gasteiger partial charge in [0.1, 0.15) is 5.65 Å². The van der Waals surface area contributed by atoms with Gasteiger partial charge in [-0.2, -0.15) is 0 Å². The van der Waals surface area contributed by atoms with E-state index in [9.17, 15) is 4.79 Å². The van der Waals surface area contributed by atoms with Crippen molar-refractivity contribution in [2.45, 2.75) is 25.8 Å². The molecular formula is C17H23ClN6O. The molecule has 8 heteroatoms. The third-order valence-electron chi connectivity index (χ3n) is 4.41. The molecule has 1 aliphatic heterocycles.